The van der Waals surface area contributed by atoms with Gasteiger partial charge in [0.15, 0.2) is 0 Å². The lowest BCUT2D eigenvalue weighted by Crippen LogP contribution is -2.40. The van der Waals surface area contributed by atoms with Crippen LogP contribution in [0.15, 0.2) is 30.9 Å². The van der Waals surface area contributed by atoms with Crippen LogP contribution in [0.25, 0.3) is 0 Å². The fraction of sp³-hybridized carbons (Fsp3) is 0.312. The van der Waals surface area contributed by atoms with Crippen LogP contribution in [0.3, 0.4) is 0 Å². The van der Waals surface area contributed by atoms with Gasteiger partial charge < -0.3 is 5.32 Å². The predicted molar refractivity (Wildman–Crippen MR) is 79.2 cm³/mol. The summed E-state index contributed by atoms with van der Waals surface area (Å²) in [6.07, 6.45) is 1.49. The zero-order valence-electron chi connectivity index (χ0n) is 12.4. The Balaban J connectivity index is 2.34. The number of imide groups is 1. The predicted octanol–water partition coefficient (Wildman–Crippen LogP) is 2.00. The number of fused-ring (bicyclic) bond motifs is 1. The Kier molecular flexibility index (Phi) is 3.68. The van der Waals surface area contributed by atoms with E-state index in [1.54, 1.807) is 6.07 Å². The normalized spacial score (nSPS) is 14.1. The summed E-state index contributed by atoms with van der Waals surface area (Å²) in [5.41, 5.74) is 0.591. The minimum atomic E-state index is -0.389. The van der Waals surface area contributed by atoms with E-state index >= 15 is 0 Å². The van der Waals surface area contributed by atoms with Gasteiger partial charge >= 0.3 is 0 Å². The Labute approximate surface area is 123 Å². The molecule has 0 unspecified atom stereocenters. The molecule has 1 aliphatic rings. The van der Waals surface area contributed by atoms with Gasteiger partial charge in [-0.15, -0.1) is 6.58 Å². The Morgan fingerprint density at radius 1 is 1.24 bits per heavy atom. The van der Waals surface area contributed by atoms with Crippen molar-refractivity contribution in [2.45, 2.75) is 26.3 Å². The van der Waals surface area contributed by atoms with E-state index in [0.29, 0.717) is 11.1 Å². The summed E-state index contributed by atoms with van der Waals surface area (Å²) in [6, 6.07) is 4.55. The van der Waals surface area contributed by atoms with Crippen LogP contribution < -0.4 is 5.32 Å². The first kappa shape index (κ1) is 15.0. The Morgan fingerprint density at radius 3 is 2.43 bits per heavy atom. The molecule has 5 heteroatoms. The molecule has 0 fully saturated rings. The number of carbonyl (C=O) groups excluding carboxylic acids is 3. The molecule has 0 aliphatic carbocycles. The van der Waals surface area contributed by atoms with Crippen molar-refractivity contribution in [1.82, 2.24) is 10.2 Å². The molecule has 0 aromatic heterocycles. The highest BCUT2D eigenvalue weighted by Crippen LogP contribution is 2.24. The van der Waals surface area contributed by atoms with Gasteiger partial charge in [0.25, 0.3) is 17.7 Å². The van der Waals surface area contributed by atoms with E-state index in [4.69, 9.17) is 0 Å². The number of nitrogens with one attached hydrogen (secondary N) is 1. The van der Waals surface area contributed by atoms with Gasteiger partial charge in [0.1, 0.15) is 0 Å². The maximum absolute atomic E-state index is 12.2. The van der Waals surface area contributed by atoms with Gasteiger partial charge in [-0.1, -0.05) is 6.08 Å². The van der Waals surface area contributed by atoms with Crippen LogP contribution in [-0.4, -0.2) is 34.7 Å². The zero-order chi connectivity index (χ0) is 15.8. The average Bonchev–Trinajstić information content (AvgIpc) is 2.62. The van der Waals surface area contributed by atoms with E-state index in [9.17, 15) is 14.4 Å². The Bertz CT molecular complexity index is 641. The highest BCUT2D eigenvalue weighted by Gasteiger charge is 2.35. The molecule has 1 aromatic rings. The number of hydrogen-bond acceptors (Lipinski definition) is 3. The summed E-state index contributed by atoms with van der Waals surface area (Å²) in [4.78, 5) is 37.5. The number of amides is 3. The molecule has 2 rings (SSSR count). The van der Waals surface area contributed by atoms with Gasteiger partial charge in [-0.25, -0.2) is 0 Å². The van der Waals surface area contributed by atoms with Gasteiger partial charge in [-0.3, -0.25) is 19.3 Å². The van der Waals surface area contributed by atoms with Gasteiger partial charge in [0, 0.05) is 17.6 Å². The van der Waals surface area contributed by atoms with Crippen molar-refractivity contribution < 1.29 is 14.4 Å². The second kappa shape index (κ2) is 5.16. The van der Waals surface area contributed by atoms with Gasteiger partial charge in [0.05, 0.1) is 11.1 Å². The number of benzene rings is 1. The molecule has 3 amide bonds. The molecular weight excluding hydrogens is 268 g/mol. The summed E-state index contributed by atoms with van der Waals surface area (Å²) in [5.74, 6) is -1.01. The minimum Gasteiger partial charge on any atom is -0.347 e. The summed E-state index contributed by atoms with van der Waals surface area (Å²) in [6.45, 7) is 9.32. The van der Waals surface area contributed by atoms with E-state index in [1.807, 2.05) is 20.8 Å². The monoisotopic (exact) mass is 286 g/mol. The largest absolute Gasteiger partial charge is 0.347 e. The van der Waals surface area contributed by atoms with Crippen molar-refractivity contribution in [2.24, 2.45) is 0 Å². The third kappa shape index (κ3) is 2.86. The van der Waals surface area contributed by atoms with E-state index in [0.717, 1.165) is 4.90 Å². The first-order chi connectivity index (χ1) is 9.74. The van der Waals surface area contributed by atoms with Gasteiger partial charge in [-0.2, -0.15) is 0 Å². The topological polar surface area (TPSA) is 66.5 Å². The third-order valence-electron chi connectivity index (χ3n) is 3.03. The average molecular weight is 286 g/mol. The minimum absolute atomic E-state index is 0.163. The molecule has 1 aromatic carbocycles. The lowest BCUT2D eigenvalue weighted by molar-refractivity contribution is 0.0671. The summed E-state index contributed by atoms with van der Waals surface area (Å²) in [5, 5.41) is 2.82. The molecule has 0 saturated heterocycles. The molecule has 0 bridgehead atoms. The molecule has 1 heterocycles. The molecule has 0 atom stereocenters. The van der Waals surface area contributed by atoms with Crippen molar-refractivity contribution in [3.05, 3.63) is 47.5 Å². The van der Waals surface area contributed by atoms with Crippen LogP contribution >= 0.6 is 0 Å². The van der Waals surface area contributed by atoms with Gasteiger partial charge in [-0.05, 0) is 39.0 Å². The summed E-state index contributed by atoms with van der Waals surface area (Å²) < 4.78 is 0. The van der Waals surface area contributed by atoms with Crippen LogP contribution in [0.5, 0.6) is 0 Å². The Hall–Kier alpha value is -2.43. The first-order valence-electron chi connectivity index (χ1n) is 6.68. The molecular formula is C16H18N2O3. The van der Waals surface area contributed by atoms with Crippen LogP contribution in [0, 0.1) is 0 Å². The van der Waals surface area contributed by atoms with Gasteiger partial charge in [0.2, 0.25) is 0 Å². The first-order valence-corrected chi connectivity index (χ1v) is 6.68. The number of nitrogens with zero attached hydrogens (tertiary/aromatic N) is 1. The molecule has 21 heavy (non-hydrogen) atoms. The molecule has 0 saturated carbocycles. The fourth-order valence-corrected chi connectivity index (χ4v) is 2.14. The fourth-order valence-electron chi connectivity index (χ4n) is 2.14. The molecule has 5 nitrogen and oxygen atoms in total. The van der Waals surface area contributed by atoms with Crippen LogP contribution in [0.2, 0.25) is 0 Å². The van der Waals surface area contributed by atoms with E-state index in [2.05, 4.69) is 11.9 Å². The molecule has 0 radical (unpaired) electrons. The lowest BCUT2D eigenvalue weighted by Gasteiger charge is -2.20. The number of hydrogen-bond donors (Lipinski definition) is 1. The Morgan fingerprint density at radius 2 is 1.86 bits per heavy atom. The zero-order valence-corrected chi connectivity index (χ0v) is 12.4. The highest BCUT2D eigenvalue weighted by atomic mass is 16.2. The molecule has 0 spiro atoms. The smallest absolute Gasteiger partial charge is 0.261 e. The van der Waals surface area contributed by atoms with Crippen molar-refractivity contribution in [2.75, 3.05) is 6.54 Å². The van der Waals surface area contributed by atoms with E-state index in [-0.39, 0.29) is 35.4 Å². The van der Waals surface area contributed by atoms with Crippen molar-refractivity contribution >= 4 is 17.7 Å². The van der Waals surface area contributed by atoms with Crippen molar-refractivity contribution in [3.63, 3.8) is 0 Å². The summed E-state index contributed by atoms with van der Waals surface area (Å²) >= 11 is 0. The van der Waals surface area contributed by atoms with E-state index < -0.39 is 0 Å². The number of carbonyl (C=O) groups is 3. The van der Waals surface area contributed by atoms with Crippen LogP contribution in [0.4, 0.5) is 0 Å². The quantitative estimate of drug-likeness (QED) is 0.682. The third-order valence-corrected chi connectivity index (χ3v) is 3.03. The molecule has 1 N–H and O–H groups in total. The van der Waals surface area contributed by atoms with E-state index in [1.165, 1.54) is 18.2 Å². The van der Waals surface area contributed by atoms with Crippen molar-refractivity contribution in [3.8, 4) is 0 Å². The second-order valence-corrected chi connectivity index (χ2v) is 5.97. The highest BCUT2D eigenvalue weighted by molar-refractivity contribution is 6.22. The van der Waals surface area contributed by atoms with Crippen LogP contribution in [0.1, 0.15) is 51.8 Å². The van der Waals surface area contributed by atoms with Crippen molar-refractivity contribution in [1.29, 1.82) is 0 Å². The second-order valence-electron chi connectivity index (χ2n) is 5.97. The SMILES string of the molecule is C=CCN1C(=O)c2ccc(C(=O)NC(C)(C)C)cc2C1=O. The standard InChI is InChI=1S/C16H18N2O3/c1-5-8-18-14(20)11-7-6-10(9-12(11)15(18)21)13(19)17-16(2,3)4/h5-7,9H,1,8H2,2-4H3,(H,17,19). The summed E-state index contributed by atoms with van der Waals surface area (Å²) in [7, 11) is 0. The maximum Gasteiger partial charge on any atom is 0.261 e. The van der Waals surface area contributed by atoms with Crippen LogP contribution in [-0.2, 0) is 0 Å². The number of rotatable bonds is 3. The lowest BCUT2D eigenvalue weighted by atomic mass is 10.0. The molecule has 1 aliphatic heterocycles. The molecule has 110 valence electrons. The maximum atomic E-state index is 12.2.